The van der Waals surface area contributed by atoms with Gasteiger partial charge in [0.25, 0.3) is 5.89 Å². The first kappa shape index (κ1) is 19.9. The molecular formula is C25H22N4O3. The Morgan fingerprint density at radius 1 is 1.09 bits per heavy atom. The number of aromatic nitrogens is 3. The molecule has 7 heteroatoms. The van der Waals surface area contributed by atoms with E-state index in [1.807, 2.05) is 66.4 Å². The van der Waals surface area contributed by atoms with Crippen molar-refractivity contribution in [3.63, 3.8) is 0 Å². The average Bonchev–Trinajstić information content (AvgIpc) is 3.27. The molecule has 32 heavy (non-hydrogen) atoms. The fourth-order valence-corrected chi connectivity index (χ4v) is 3.65. The minimum absolute atomic E-state index is 0.00432. The molecule has 1 fully saturated rings. The second-order valence-electron chi connectivity index (χ2n) is 7.89. The minimum atomic E-state index is 0.00432. The Bertz CT molecular complexity index is 1220. The number of likely N-dealkylation sites (tertiary alicyclic amines) is 1. The molecule has 1 aliphatic heterocycles. The highest BCUT2D eigenvalue weighted by Gasteiger charge is 2.32. The van der Waals surface area contributed by atoms with Crippen molar-refractivity contribution in [3.05, 3.63) is 84.2 Å². The van der Waals surface area contributed by atoms with Crippen molar-refractivity contribution in [2.45, 2.75) is 19.4 Å². The molecule has 0 radical (unpaired) electrons. The highest BCUT2D eigenvalue weighted by molar-refractivity contribution is 5.79. The zero-order valence-corrected chi connectivity index (χ0v) is 17.6. The summed E-state index contributed by atoms with van der Waals surface area (Å²) in [5, 5.41) is 4.05. The van der Waals surface area contributed by atoms with E-state index in [1.165, 1.54) is 0 Å². The second kappa shape index (κ2) is 8.63. The van der Waals surface area contributed by atoms with Crippen LogP contribution in [-0.4, -0.2) is 45.1 Å². The number of rotatable bonds is 6. The van der Waals surface area contributed by atoms with Gasteiger partial charge in [-0.15, -0.1) is 0 Å². The molecule has 0 unspecified atom stereocenters. The van der Waals surface area contributed by atoms with Gasteiger partial charge in [0.15, 0.2) is 0 Å². The van der Waals surface area contributed by atoms with Gasteiger partial charge in [0, 0.05) is 18.0 Å². The van der Waals surface area contributed by atoms with Crippen LogP contribution in [0.3, 0.4) is 0 Å². The molecule has 5 rings (SSSR count). The molecule has 7 nitrogen and oxygen atoms in total. The first-order valence-corrected chi connectivity index (χ1v) is 10.5. The van der Waals surface area contributed by atoms with E-state index in [1.54, 1.807) is 12.4 Å². The number of pyridine rings is 1. The normalized spacial score (nSPS) is 13.6. The van der Waals surface area contributed by atoms with Crippen LogP contribution < -0.4 is 4.74 Å². The van der Waals surface area contributed by atoms with Crippen molar-refractivity contribution >= 4 is 5.91 Å². The third-order valence-electron chi connectivity index (χ3n) is 5.39. The number of ether oxygens (including phenoxy) is 1. The van der Waals surface area contributed by atoms with E-state index in [4.69, 9.17) is 9.26 Å². The third-order valence-corrected chi connectivity index (χ3v) is 5.39. The molecule has 0 saturated carbocycles. The first-order chi connectivity index (χ1) is 15.6. The maximum Gasteiger partial charge on any atom is 0.259 e. The van der Waals surface area contributed by atoms with E-state index < -0.39 is 0 Å². The Kier molecular flexibility index (Phi) is 5.37. The van der Waals surface area contributed by atoms with Crippen molar-refractivity contribution in [2.24, 2.45) is 0 Å². The monoisotopic (exact) mass is 426 g/mol. The first-order valence-electron chi connectivity index (χ1n) is 10.5. The van der Waals surface area contributed by atoms with Gasteiger partial charge in [-0.2, -0.15) is 4.98 Å². The van der Waals surface area contributed by atoms with Crippen molar-refractivity contribution in [2.75, 3.05) is 13.1 Å². The molecule has 0 spiro atoms. The quantitative estimate of drug-likeness (QED) is 0.465. The molecule has 3 heterocycles. The lowest BCUT2D eigenvalue weighted by Gasteiger charge is -2.39. The lowest BCUT2D eigenvalue weighted by atomic mass is 10.1. The van der Waals surface area contributed by atoms with Gasteiger partial charge in [0.2, 0.25) is 11.7 Å². The average molecular weight is 426 g/mol. The van der Waals surface area contributed by atoms with E-state index in [9.17, 15) is 4.79 Å². The zero-order chi connectivity index (χ0) is 21.9. The number of amides is 1. The maximum absolute atomic E-state index is 12.5. The number of nitrogens with zero attached hydrogens (tertiary/aromatic N) is 4. The van der Waals surface area contributed by atoms with Gasteiger partial charge in [-0.25, -0.2) is 0 Å². The minimum Gasteiger partial charge on any atom is -0.487 e. The molecule has 1 amide bonds. The number of aryl methyl sites for hydroxylation is 1. The number of hydrogen-bond acceptors (Lipinski definition) is 6. The van der Waals surface area contributed by atoms with Crippen LogP contribution in [0.25, 0.3) is 22.8 Å². The highest BCUT2D eigenvalue weighted by atomic mass is 16.5. The molecular weight excluding hydrogens is 404 g/mol. The van der Waals surface area contributed by atoms with Crippen LogP contribution >= 0.6 is 0 Å². The van der Waals surface area contributed by atoms with Gasteiger partial charge in [-0.3, -0.25) is 9.78 Å². The van der Waals surface area contributed by atoms with Crippen molar-refractivity contribution in [1.29, 1.82) is 0 Å². The Balaban J connectivity index is 1.14. The largest absolute Gasteiger partial charge is 0.487 e. The van der Waals surface area contributed by atoms with Gasteiger partial charge < -0.3 is 14.2 Å². The van der Waals surface area contributed by atoms with Crippen LogP contribution in [0.5, 0.6) is 5.75 Å². The van der Waals surface area contributed by atoms with Gasteiger partial charge in [0.05, 0.1) is 25.1 Å². The lowest BCUT2D eigenvalue weighted by molar-refractivity contribution is -0.139. The van der Waals surface area contributed by atoms with Gasteiger partial charge in [-0.05, 0) is 48.9 Å². The summed E-state index contributed by atoms with van der Waals surface area (Å²) in [6, 6.07) is 19.3. The van der Waals surface area contributed by atoms with Gasteiger partial charge >= 0.3 is 0 Å². The summed E-state index contributed by atoms with van der Waals surface area (Å²) in [4.78, 5) is 22.8. The number of hydrogen-bond donors (Lipinski definition) is 0. The van der Waals surface area contributed by atoms with Crippen molar-refractivity contribution in [3.8, 4) is 28.6 Å². The molecule has 1 saturated heterocycles. The van der Waals surface area contributed by atoms with E-state index in [0.717, 1.165) is 28.0 Å². The Morgan fingerprint density at radius 3 is 2.69 bits per heavy atom. The Labute approximate surface area is 185 Å². The summed E-state index contributed by atoms with van der Waals surface area (Å²) in [6.45, 7) is 3.24. The van der Waals surface area contributed by atoms with Crippen molar-refractivity contribution < 1.29 is 14.1 Å². The van der Waals surface area contributed by atoms with Crippen LogP contribution in [-0.2, 0) is 11.2 Å². The molecule has 0 atom stereocenters. The number of carbonyl (C=O) groups excluding carboxylic acids is 1. The molecule has 0 aliphatic carbocycles. The van der Waals surface area contributed by atoms with Crippen LogP contribution in [0.1, 0.15) is 11.1 Å². The fraction of sp³-hybridized carbons (Fsp3) is 0.200. The summed E-state index contributed by atoms with van der Waals surface area (Å²) in [7, 11) is 0. The topological polar surface area (TPSA) is 81.4 Å². The Hall–Kier alpha value is -4.00. The second-order valence-corrected chi connectivity index (χ2v) is 7.89. The summed E-state index contributed by atoms with van der Waals surface area (Å²) in [5.74, 6) is 1.82. The fourth-order valence-electron chi connectivity index (χ4n) is 3.65. The van der Waals surface area contributed by atoms with E-state index in [0.29, 0.717) is 31.2 Å². The zero-order valence-electron chi connectivity index (χ0n) is 17.6. The smallest absolute Gasteiger partial charge is 0.259 e. The van der Waals surface area contributed by atoms with Crippen molar-refractivity contribution in [1.82, 2.24) is 20.0 Å². The van der Waals surface area contributed by atoms with Gasteiger partial charge in [-0.1, -0.05) is 35.0 Å². The molecule has 4 aromatic rings. The Morgan fingerprint density at radius 2 is 1.94 bits per heavy atom. The summed E-state index contributed by atoms with van der Waals surface area (Å²) in [5.41, 5.74) is 3.82. The molecule has 0 bridgehead atoms. The molecule has 2 aromatic carbocycles. The molecule has 2 aromatic heterocycles. The van der Waals surface area contributed by atoms with Crippen LogP contribution in [0.2, 0.25) is 0 Å². The molecule has 1 aliphatic rings. The number of carbonyl (C=O) groups is 1. The van der Waals surface area contributed by atoms with E-state index in [2.05, 4.69) is 21.2 Å². The predicted molar refractivity (Wildman–Crippen MR) is 119 cm³/mol. The summed E-state index contributed by atoms with van der Waals surface area (Å²) < 4.78 is 11.3. The third kappa shape index (κ3) is 4.37. The standard InChI is InChI=1S/C25H22N4O3/c1-17-4-2-5-18(12-17)13-23(30)29-15-22(16-29)31-21-9-7-19(8-10-21)24-27-25(32-28-24)20-6-3-11-26-14-20/h2-12,14,22H,13,15-16H2,1H3. The van der Waals surface area contributed by atoms with E-state index in [-0.39, 0.29) is 12.0 Å². The SMILES string of the molecule is Cc1cccc(CC(=O)N2CC(Oc3ccc(-c4noc(-c5cccnc5)n4)cc3)C2)c1. The molecule has 0 N–H and O–H groups in total. The van der Waals surface area contributed by atoms with E-state index >= 15 is 0 Å². The maximum atomic E-state index is 12.5. The highest BCUT2D eigenvalue weighted by Crippen LogP contribution is 2.25. The lowest BCUT2D eigenvalue weighted by Crippen LogP contribution is -2.56. The number of benzene rings is 2. The van der Waals surface area contributed by atoms with Gasteiger partial charge in [0.1, 0.15) is 11.9 Å². The summed E-state index contributed by atoms with van der Waals surface area (Å²) >= 11 is 0. The van der Waals surface area contributed by atoms with Crippen LogP contribution in [0.4, 0.5) is 0 Å². The predicted octanol–water partition coefficient (Wildman–Crippen LogP) is 3.94. The van der Waals surface area contributed by atoms with Crippen LogP contribution in [0.15, 0.2) is 77.6 Å². The van der Waals surface area contributed by atoms with Crippen LogP contribution in [0, 0.1) is 6.92 Å². The molecule has 160 valence electrons. The summed E-state index contributed by atoms with van der Waals surface area (Å²) in [6.07, 6.45) is 3.81.